The van der Waals surface area contributed by atoms with Gasteiger partial charge in [0, 0.05) is 25.1 Å². The molecule has 2 aromatic rings. The second-order valence-corrected chi connectivity index (χ2v) is 6.38. The number of anilines is 1. The maximum atomic E-state index is 13.9. The van der Waals surface area contributed by atoms with Crippen LogP contribution in [0, 0.1) is 18.7 Å². The second-order valence-electron chi connectivity index (χ2n) is 5.98. The van der Waals surface area contributed by atoms with Gasteiger partial charge in [0.1, 0.15) is 11.6 Å². The Labute approximate surface area is 148 Å². The first-order valence-corrected chi connectivity index (χ1v) is 8.31. The molecule has 0 unspecified atom stereocenters. The summed E-state index contributed by atoms with van der Waals surface area (Å²) >= 11 is 5.95. The number of carbonyl (C=O) groups is 2. The van der Waals surface area contributed by atoms with E-state index in [-0.39, 0.29) is 22.4 Å². The number of aryl methyl sites for hydroxylation is 1. The molecule has 6 nitrogen and oxygen atoms in total. The lowest BCUT2D eigenvalue weighted by Gasteiger charge is -2.31. The van der Waals surface area contributed by atoms with Crippen LogP contribution in [0.4, 0.5) is 10.2 Å². The summed E-state index contributed by atoms with van der Waals surface area (Å²) in [5.41, 5.74) is -0.120. The van der Waals surface area contributed by atoms with Crippen LogP contribution in [-0.4, -0.2) is 35.0 Å². The van der Waals surface area contributed by atoms with Crippen LogP contribution in [0.15, 0.2) is 28.8 Å². The van der Waals surface area contributed by atoms with Crippen LogP contribution in [0.2, 0.25) is 5.02 Å². The number of likely N-dealkylation sites (tertiary alicyclic amines) is 1. The lowest BCUT2D eigenvalue weighted by atomic mass is 9.95. The topological polar surface area (TPSA) is 75.4 Å². The van der Waals surface area contributed by atoms with Crippen LogP contribution >= 0.6 is 11.6 Å². The third-order valence-electron chi connectivity index (χ3n) is 4.21. The Kier molecular flexibility index (Phi) is 5.03. The van der Waals surface area contributed by atoms with Gasteiger partial charge in [0.25, 0.3) is 5.91 Å². The Hall–Kier alpha value is -2.41. The maximum Gasteiger partial charge on any atom is 0.258 e. The first-order valence-electron chi connectivity index (χ1n) is 7.93. The molecule has 0 saturated carbocycles. The summed E-state index contributed by atoms with van der Waals surface area (Å²) < 4.78 is 18.8. The normalized spacial score (nSPS) is 15.2. The molecule has 2 heterocycles. The Bertz CT molecular complexity index is 780. The number of benzene rings is 1. The van der Waals surface area contributed by atoms with E-state index in [1.54, 1.807) is 13.0 Å². The molecular formula is C17H17ClFN3O3. The highest BCUT2D eigenvalue weighted by atomic mass is 35.5. The van der Waals surface area contributed by atoms with Gasteiger partial charge >= 0.3 is 0 Å². The molecule has 0 radical (unpaired) electrons. The van der Waals surface area contributed by atoms with Crippen molar-refractivity contribution < 1.29 is 18.5 Å². The highest BCUT2D eigenvalue weighted by Crippen LogP contribution is 2.25. The number of aromatic nitrogens is 1. The predicted molar refractivity (Wildman–Crippen MR) is 89.9 cm³/mol. The van der Waals surface area contributed by atoms with Crippen molar-refractivity contribution in [2.75, 3.05) is 18.4 Å². The molecule has 1 aliphatic heterocycles. The number of nitrogens with zero attached hydrogens (tertiary/aromatic N) is 2. The molecule has 8 heteroatoms. The molecule has 1 aromatic heterocycles. The fourth-order valence-electron chi connectivity index (χ4n) is 2.86. The summed E-state index contributed by atoms with van der Waals surface area (Å²) in [6.45, 7) is 2.46. The molecule has 1 N–H and O–H groups in total. The van der Waals surface area contributed by atoms with E-state index >= 15 is 0 Å². The summed E-state index contributed by atoms with van der Waals surface area (Å²) in [6.07, 6.45) is 0.973. The van der Waals surface area contributed by atoms with Crippen LogP contribution in [0.5, 0.6) is 0 Å². The number of nitrogens with one attached hydrogen (secondary N) is 1. The van der Waals surface area contributed by atoms with Crippen molar-refractivity contribution in [3.63, 3.8) is 0 Å². The quantitative estimate of drug-likeness (QED) is 0.905. The number of carbonyl (C=O) groups excluding carboxylic acids is 2. The molecule has 3 rings (SSSR count). The minimum atomic E-state index is -0.640. The molecule has 132 valence electrons. The Morgan fingerprint density at radius 1 is 1.36 bits per heavy atom. The van der Waals surface area contributed by atoms with E-state index in [0.717, 1.165) is 0 Å². The molecule has 1 saturated heterocycles. The molecule has 0 bridgehead atoms. The van der Waals surface area contributed by atoms with Gasteiger partial charge in [-0.05, 0) is 31.9 Å². The smallest absolute Gasteiger partial charge is 0.258 e. The Balaban J connectivity index is 1.60. The molecule has 1 aromatic carbocycles. The molecule has 0 atom stereocenters. The largest absolute Gasteiger partial charge is 0.360 e. The zero-order chi connectivity index (χ0) is 18.0. The van der Waals surface area contributed by atoms with Crippen LogP contribution in [0.25, 0.3) is 0 Å². The van der Waals surface area contributed by atoms with Crippen LogP contribution < -0.4 is 5.32 Å². The van der Waals surface area contributed by atoms with Crippen molar-refractivity contribution in [2.24, 2.45) is 5.92 Å². The predicted octanol–water partition coefficient (Wildman–Crippen LogP) is 3.27. The van der Waals surface area contributed by atoms with E-state index in [2.05, 4.69) is 10.5 Å². The van der Waals surface area contributed by atoms with Crippen LogP contribution in [-0.2, 0) is 4.79 Å². The van der Waals surface area contributed by atoms with E-state index < -0.39 is 11.7 Å². The van der Waals surface area contributed by atoms with Gasteiger partial charge in [0.15, 0.2) is 5.82 Å². The third kappa shape index (κ3) is 3.82. The van der Waals surface area contributed by atoms with Crippen LogP contribution in [0.1, 0.15) is 29.0 Å². The average Bonchev–Trinajstić information content (AvgIpc) is 2.99. The summed E-state index contributed by atoms with van der Waals surface area (Å²) in [6, 6.07) is 5.78. The summed E-state index contributed by atoms with van der Waals surface area (Å²) in [7, 11) is 0. The van der Waals surface area contributed by atoms with E-state index in [1.165, 1.54) is 23.1 Å². The number of rotatable bonds is 3. The lowest BCUT2D eigenvalue weighted by Crippen LogP contribution is -2.41. The molecule has 25 heavy (non-hydrogen) atoms. The molecule has 1 aliphatic rings. The van der Waals surface area contributed by atoms with Crippen molar-refractivity contribution in [3.8, 4) is 0 Å². The minimum Gasteiger partial charge on any atom is -0.360 e. The first-order chi connectivity index (χ1) is 12.0. The summed E-state index contributed by atoms with van der Waals surface area (Å²) in [4.78, 5) is 26.3. The van der Waals surface area contributed by atoms with Crippen LogP contribution in [0.3, 0.4) is 0 Å². The van der Waals surface area contributed by atoms with E-state index in [1.807, 2.05) is 0 Å². The second kappa shape index (κ2) is 7.23. The third-order valence-corrected chi connectivity index (χ3v) is 4.52. The van der Waals surface area contributed by atoms with Gasteiger partial charge in [0.05, 0.1) is 10.6 Å². The highest BCUT2D eigenvalue weighted by molar-refractivity contribution is 6.33. The maximum absolute atomic E-state index is 13.9. The van der Waals surface area contributed by atoms with E-state index in [4.69, 9.17) is 16.1 Å². The lowest BCUT2D eigenvalue weighted by molar-refractivity contribution is -0.121. The van der Waals surface area contributed by atoms with Gasteiger partial charge in [-0.3, -0.25) is 9.59 Å². The SMILES string of the molecule is Cc1cc(NC(=O)C2CCN(C(=O)c3c(F)cccc3Cl)CC2)no1. The van der Waals surface area contributed by atoms with Gasteiger partial charge in [0.2, 0.25) is 5.91 Å². The molecule has 0 aliphatic carbocycles. The van der Waals surface area contributed by atoms with Crippen molar-refractivity contribution >= 4 is 29.2 Å². The molecular weight excluding hydrogens is 349 g/mol. The number of hydrogen-bond acceptors (Lipinski definition) is 4. The van der Waals surface area contributed by atoms with E-state index in [9.17, 15) is 14.0 Å². The Morgan fingerprint density at radius 2 is 2.08 bits per heavy atom. The van der Waals surface area contributed by atoms with Gasteiger partial charge in [-0.1, -0.05) is 22.8 Å². The summed E-state index contributed by atoms with van der Waals surface area (Å²) in [5.74, 6) is -0.508. The monoisotopic (exact) mass is 365 g/mol. The number of hydrogen-bond donors (Lipinski definition) is 1. The van der Waals surface area contributed by atoms with Crippen molar-refractivity contribution in [1.82, 2.24) is 10.1 Å². The zero-order valence-electron chi connectivity index (χ0n) is 13.6. The van der Waals surface area contributed by atoms with Gasteiger partial charge in [-0.2, -0.15) is 0 Å². The molecule has 0 spiro atoms. The zero-order valence-corrected chi connectivity index (χ0v) is 14.3. The molecule has 2 amide bonds. The van der Waals surface area contributed by atoms with Gasteiger partial charge < -0.3 is 14.7 Å². The Morgan fingerprint density at radius 3 is 2.68 bits per heavy atom. The highest BCUT2D eigenvalue weighted by Gasteiger charge is 2.30. The number of amides is 2. The average molecular weight is 366 g/mol. The fourth-order valence-corrected chi connectivity index (χ4v) is 3.10. The number of halogens is 2. The van der Waals surface area contributed by atoms with Crippen molar-refractivity contribution in [2.45, 2.75) is 19.8 Å². The van der Waals surface area contributed by atoms with Gasteiger partial charge in [-0.25, -0.2) is 4.39 Å². The minimum absolute atomic E-state index is 0.0891. The fraction of sp³-hybridized carbons (Fsp3) is 0.353. The van der Waals surface area contributed by atoms with Crippen molar-refractivity contribution in [1.29, 1.82) is 0 Å². The van der Waals surface area contributed by atoms with Gasteiger partial charge in [-0.15, -0.1) is 0 Å². The van der Waals surface area contributed by atoms with Crippen molar-refractivity contribution in [3.05, 3.63) is 46.4 Å². The van der Waals surface area contributed by atoms with E-state index in [0.29, 0.717) is 37.5 Å². The summed E-state index contributed by atoms with van der Waals surface area (Å²) in [5, 5.41) is 6.51. The standard InChI is InChI=1S/C17H17ClFN3O3/c1-10-9-14(21-25-10)20-16(23)11-5-7-22(8-6-11)17(24)15-12(18)3-2-4-13(15)19/h2-4,9,11H,5-8H2,1H3,(H,20,21,23). The first kappa shape index (κ1) is 17.4. The molecule has 1 fully saturated rings. The number of piperidine rings is 1.